The van der Waals surface area contributed by atoms with Gasteiger partial charge in [-0.15, -0.1) is 13.2 Å². The highest BCUT2D eigenvalue weighted by Gasteiger charge is 1.71. The van der Waals surface area contributed by atoms with E-state index in [0.29, 0.717) is 0 Å². The van der Waals surface area contributed by atoms with Gasteiger partial charge in [0, 0.05) is 0 Å². The van der Waals surface area contributed by atoms with Gasteiger partial charge in [-0.05, 0) is 6.42 Å². The van der Waals surface area contributed by atoms with Crippen molar-refractivity contribution in [2.75, 3.05) is 6.61 Å². The van der Waals surface area contributed by atoms with E-state index in [2.05, 4.69) is 20.1 Å². The molecule has 0 atom stereocenters. The monoisotopic (exact) mass is 142 g/mol. The highest BCUT2D eigenvalue weighted by atomic mass is 16.2. The van der Waals surface area contributed by atoms with Crippen LogP contribution in [0.3, 0.4) is 0 Å². The van der Waals surface area contributed by atoms with Crippen molar-refractivity contribution in [2.24, 2.45) is 0 Å². The van der Waals surface area contributed by atoms with E-state index in [9.17, 15) is 0 Å². The Morgan fingerprint density at radius 3 is 1.90 bits per heavy atom. The Morgan fingerprint density at radius 2 is 1.80 bits per heavy atom. The molecule has 0 bridgehead atoms. The summed E-state index contributed by atoms with van der Waals surface area (Å²) >= 11 is 0. The maximum absolute atomic E-state index is 7.76. The molecule has 1 N–H and O–H groups in total. The van der Waals surface area contributed by atoms with Crippen LogP contribution in [0.4, 0.5) is 0 Å². The zero-order chi connectivity index (χ0) is 8.24. The Balaban J connectivity index is 0. The summed E-state index contributed by atoms with van der Waals surface area (Å²) in [5, 5.41) is 7.76. The Kier molecular flexibility index (Phi) is 19.2. The zero-order valence-electron chi connectivity index (χ0n) is 6.84. The van der Waals surface area contributed by atoms with E-state index in [-0.39, 0.29) is 6.61 Å². The first-order valence-electron chi connectivity index (χ1n) is 3.66. The second-order valence-electron chi connectivity index (χ2n) is 1.90. The van der Waals surface area contributed by atoms with Gasteiger partial charge in [0.1, 0.15) is 0 Å². The third-order valence-corrected chi connectivity index (χ3v) is 0.891. The van der Waals surface area contributed by atoms with Crippen molar-refractivity contribution in [1.29, 1.82) is 0 Å². The number of unbranched alkanes of at least 4 members (excludes halogenated alkanes) is 2. The summed E-state index contributed by atoms with van der Waals surface area (Å²) in [5.74, 6) is 0. The molecule has 0 spiro atoms. The fourth-order valence-electron chi connectivity index (χ4n) is 0.348. The van der Waals surface area contributed by atoms with E-state index in [0.717, 1.165) is 0 Å². The van der Waals surface area contributed by atoms with E-state index < -0.39 is 0 Å². The zero-order valence-corrected chi connectivity index (χ0v) is 6.84. The minimum absolute atomic E-state index is 0.0833. The van der Waals surface area contributed by atoms with Crippen molar-refractivity contribution in [2.45, 2.75) is 26.2 Å². The molecule has 0 unspecified atom stereocenters. The average Bonchev–Trinajstić information content (AvgIpc) is 2.01. The number of rotatable bonds is 4. The number of allylic oxidation sites excluding steroid dienone is 1. The van der Waals surface area contributed by atoms with Gasteiger partial charge in [0.2, 0.25) is 0 Å². The minimum Gasteiger partial charge on any atom is -0.392 e. The quantitative estimate of drug-likeness (QED) is 0.472. The summed E-state index contributed by atoms with van der Waals surface area (Å²) in [6, 6.07) is 0. The van der Waals surface area contributed by atoms with Crippen molar-refractivity contribution < 1.29 is 5.11 Å². The fourth-order valence-corrected chi connectivity index (χ4v) is 0.348. The first-order valence-corrected chi connectivity index (χ1v) is 3.66. The van der Waals surface area contributed by atoms with Gasteiger partial charge in [0.15, 0.2) is 0 Å². The molecule has 0 aromatic heterocycles. The summed E-state index contributed by atoms with van der Waals surface area (Å²) in [4.78, 5) is 0. The van der Waals surface area contributed by atoms with Crippen molar-refractivity contribution >= 4 is 0 Å². The molecule has 0 aliphatic heterocycles. The standard InChI is InChI=1S/C6H12.C3H6O/c1-3-5-6-4-2;1-2-3-4/h3H,1,4-6H2,2H3;2,4H,1,3H2. The fraction of sp³-hybridized carbons (Fsp3) is 0.556. The van der Waals surface area contributed by atoms with Gasteiger partial charge in [-0.25, -0.2) is 0 Å². The van der Waals surface area contributed by atoms with E-state index in [4.69, 9.17) is 5.11 Å². The SMILES string of the molecule is C=CCCCC.C=CCO. The lowest BCUT2D eigenvalue weighted by Crippen LogP contribution is -1.62. The third-order valence-electron chi connectivity index (χ3n) is 0.891. The number of hydrogen-bond acceptors (Lipinski definition) is 1. The summed E-state index contributed by atoms with van der Waals surface area (Å²) in [6.45, 7) is 9.09. The molecule has 0 heterocycles. The van der Waals surface area contributed by atoms with Crippen LogP contribution in [0.15, 0.2) is 25.3 Å². The molecule has 0 aliphatic rings. The molecule has 1 nitrogen and oxygen atoms in total. The second kappa shape index (κ2) is 15.8. The largest absolute Gasteiger partial charge is 0.392 e. The van der Waals surface area contributed by atoms with Crippen molar-refractivity contribution in [3.05, 3.63) is 25.3 Å². The van der Waals surface area contributed by atoms with Crippen LogP contribution in [0, 0.1) is 0 Å². The molecule has 1 heteroatoms. The van der Waals surface area contributed by atoms with Gasteiger partial charge in [0.05, 0.1) is 6.61 Å². The second-order valence-corrected chi connectivity index (χ2v) is 1.90. The highest BCUT2D eigenvalue weighted by molar-refractivity contribution is 4.64. The molecule has 0 radical (unpaired) electrons. The summed E-state index contributed by atoms with van der Waals surface area (Å²) < 4.78 is 0. The van der Waals surface area contributed by atoms with E-state index >= 15 is 0 Å². The van der Waals surface area contributed by atoms with Crippen LogP contribution < -0.4 is 0 Å². The lowest BCUT2D eigenvalue weighted by Gasteiger charge is -1.81. The van der Waals surface area contributed by atoms with Crippen LogP contribution in [-0.2, 0) is 0 Å². The van der Waals surface area contributed by atoms with Gasteiger partial charge >= 0.3 is 0 Å². The molecular weight excluding hydrogens is 124 g/mol. The van der Waals surface area contributed by atoms with E-state index in [1.165, 1.54) is 25.3 Å². The molecule has 0 aromatic carbocycles. The molecule has 0 fully saturated rings. The first-order chi connectivity index (χ1) is 4.83. The maximum atomic E-state index is 7.76. The number of aliphatic hydroxyl groups is 1. The molecule has 0 aromatic rings. The number of hydrogen-bond donors (Lipinski definition) is 1. The highest BCUT2D eigenvalue weighted by Crippen LogP contribution is 1.91. The molecular formula is C9H18O. The smallest absolute Gasteiger partial charge is 0.0609 e. The molecule has 0 saturated carbocycles. The Bertz CT molecular complexity index is 67.1. The maximum Gasteiger partial charge on any atom is 0.0609 e. The molecule has 0 rings (SSSR count). The molecule has 0 aliphatic carbocycles. The van der Waals surface area contributed by atoms with Gasteiger partial charge in [-0.1, -0.05) is 31.9 Å². The van der Waals surface area contributed by atoms with Crippen LogP contribution in [0.2, 0.25) is 0 Å². The van der Waals surface area contributed by atoms with Crippen LogP contribution in [-0.4, -0.2) is 11.7 Å². The van der Waals surface area contributed by atoms with E-state index in [1.807, 2.05) is 6.08 Å². The minimum atomic E-state index is 0.0833. The summed E-state index contributed by atoms with van der Waals surface area (Å²) in [6.07, 6.45) is 7.15. The normalized spacial score (nSPS) is 7.40. The van der Waals surface area contributed by atoms with Crippen LogP contribution in [0.25, 0.3) is 0 Å². The molecule has 10 heavy (non-hydrogen) atoms. The predicted octanol–water partition coefficient (Wildman–Crippen LogP) is 2.53. The van der Waals surface area contributed by atoms with Crippen LogP contribution in [0.1, 0.15) is 26.2 Å². The third kappa shape index (κ3) is 26.1. The molecule has 0 saturated heterocycles. The van der Waals surface area contributed by atoms with Crippen molar-refractivity contribution in [3.8, 4) is 0 Å². The van der Waals surface area contributed by atoms with Crippen molar-refractivity contribution in [1.82, 2.24) is 0 Å². The van der Waals surface area contributed by atoms with Crippen LogP contribution >= 0.6 is 0 Å². The predicted molar refractivity (Wildman–Crippen MR) is 47.0 cm³/mol. The summed E-state index contributed by atoms with van der Waals surface area (Å²) in [5.41, 5.74) is 0. The Morgan fingerprint density at radius 1 is 1.30 bits per heavy atom. The molecule has 60 valence electrons. The number of aliphatic hydroxyl groups excluding tert-OH is 1. The van der Waals surface area contributed by atoms with Gasteiger partial charge in [-0.3, -0.25) is 0 Å². The molecule has 0 amide bonds. The Labute approximate surface area is 64.1 Å². The summed E-state index contributed by atoms with van der Waals surface area (Å²) in [7, 11) is 0. The van der Waals surface area contributed by atoms with Gasteiger partial charge in [-0.2, -0.15) is 0 Å². The van der Waals surface area contributed by atoms with Gasteiger partial charge < -0.3 is 5.11 Å². The average molecular weight is 142 g/mol. The topological polar surface area (TPSA) is 20.2 Å². The first kappa shape index (κ1) is 12.1. The Hall–Kier alpha value is -0.560. The lowest BCUT2D eigenvalue weighted by atomic mass is 10.3. The lowest BCUT2D eigenvalue weighted by molar-refractivity contribution is 0.343. The van der Waals surface area contributed by atoms with Gasteiger partial charge in [0.25, 0.3) is 0 Å². The van der Waals surface area contributed by atoms with E-state index in [1.54, 1.807) is 0 Å². The van der Waals surface area contributed by atoms with Crippen molar-refractivity contribution in [3.63, 3.8) is 0 Å². The van der Waals surface area contributed by atoms with Crippen LogP contribution in [0.5, 0.6) is 0 Å².